The van der Waals surface area contributed by atoms with Crippen molar-refractivity contribution in [3.63, 3.8) is 0 Å². The van der Waals surface area contributed by atoms with Crippen LogP contribution in [0, 0.1) is 5.92 Å². The van der Waals surface area contributed by atoms with E-state index < -0.39 is 0 Å². The minimum Gasteiger partial charge on any atom is -0.393 e. The van der Waals surface area contributed by atoms with Gasteiger partial charge in [-0.05, 0) is 37.7 Å². The van der Waals surface area contributed by atoms with Gasteiger partial charge in [-0.25, -0.2) is 4.98 Å². The Kier molecular flexibility index (Phi) is 3.48. The van der Waals surface area contributed by atoms with Crippen LogP contribution in [0.5, 0.6) is 0 Å². The minimum atomic E-state index is -0.0621. The first-order chi connectivity index (χ1) is 8.81. The first-order valence-electron chi connectivity index (χ1n) is 6.57. The Morgan fingerprint density at radius 2 is 2.17 bits per heavy atom. The number of rotatable bonds is 3. The van der Waals surface area contributed by atoms with Crippen LogP contribution < -0.4 is 0 Å². The van der Waals surface area contributed by atoms with Gasteiger partial charge in [0, 0.05) is 29.8 Å². The largest absolute Gasteiger partial charge is 0.393 e. The Balaban J connectivity index is 1.64. The maximum atomic E-state index is 9.51. The van der Waals surface area contributed by atoms with Crippen LogP contribution in [0.2, 0.25) is 0 Å². The molecule has 0 saturated heterocycles. The molecule has 0 bridgehead atoms. The molecule has 2 aromatic rings. The molecule has 0 spiro atoms. The predicted octanol–water partition coefficient (Wildman–Crippen LogP) is 3.23. The summed E-state index contributed by atoms with van der Waals surface area (Å²) in [7, 11) is 0. The molecule has 2 N–H and O–H groups in total. The highest BCUT2D eigenvalue weighted by molar-refractivity contribution is 7.09. The van der Waals surface area contributed by atoms with Crippen LogP contribution in [0.15, 0.2) is 23.8 Å². The molecule has 2 aromatic heterocycles. The molecule has 0 radical (unpaired) electrons. The third kappa shape index (κ3) is 2.65. The Morgan fingerprint density at radius 3 is 2.89 bits per heavy atom. The highest BCUT2D eigenvalue weighted by Gasteiger charge is 2.20. The molecule has 0 unspecified atom stereocenters. The number of H-pyrrole nitrogens is 1. The van der Waals surface area contributed by atoms with E-state index in [1.165, 1.54) is 5.01 Å². The number of thiazole rings is 1. The van der Waals surface area contributed by atoms with Gasteiger partial charge in [-0.2, -0.15) is 0 Å². The summed E-state index contributed by atoms with van der Waals surface area (Å²) in [6.07, 6.45) is 9.11. The summed E-state index contributed by atoms with van der Waals surface area (Å²) < 4.78 is 0. The molecule has 1 saturated carbocycles. The quantitative estimate of drug-likeness (QED) is 0.892. The second-order valence-electron chi connectivity index (χ2n) is 5.10. The van der Waals surface area contributed by atoms with Gasteiger partial charge in [0.2, 0.25) is 0 Å². The summed E-state index contributed by atoms with van der Waals surface area (Å²) in [5.74, 6) is 0.707. The number of nitrogens with zero attached hydrogens (tertiary/aromatic N) is 1. The van der Waals surface area contributed by atoms with Crippen LogP contribution in [0.4, 0.5) is 0 Å². The van der Waals surface area contributed by atoms with Crippen molar-refractivity contribution in [2.45, 2.75) is 38.2 Å². The second-order valence-corrected chi connectivity index (χ2v) is 6.05. The van der Waals surface area contributed by atoms with Crippen molar-refractivity contribution < 1.29 is 5.11 Å². The number of hydrogen-bond donors (Lipinski definition) is 2. The smallest absolute Gasteiger partial charge is 0.0935 e. The van der Waals surface area contributed by atoms with Crippen molar-refractivity contribution in [3.8, 4) is 11.3 Å². The van der Waals surface area contributed by atoms with Crippen LogP contribution in [-0.2, 0) is 6.42 Å². The topological polar surface area (TPSA) is 48.9 Å². The maximum Gasteiger partial charge on any atom is 0.0935 e. The lowest BCUT2D eigenvalue weighted by Crippen LogP contribution is -2.19. The van der Waals surface area contributed by atoms with Gasteiger partial charge in [-0.1, -0.05) is 0 Å². The summed E-state index contributed by atoms with van der Waals surface area (Å²) in [6.45, 7) is 0. The molecule has 0 atom stereocenters. The van der Waals surface area contributed by atoms with Crippen LogP contribution in [0.25, 0.3) is 11.3 Å². The van der Waals surface area contributed by atoms with Gasteiger partial charge >= 0.3 is 0 Å². The van der Waals surface area contributed by atoms with E-state index in [-0.39, 0.29) is 6.10 Å². The molecule has 3 rings (SSSR count). The molecule has 1 aliphatic rings. The van der Waals surface area contributed by atoms with Gasteiger partial charge in [0.1, 0.15) is 0 Å². The number of aliphatic hydroxyl groups excluding tert-OH is 1. The van der Waals surface area contributed by atoms with Gasteiger partial charge in [-0.3, -0.25) is 0 Å². The van der Waals surface area contributed by atoms with E-state index in [2.05, 4.69) is 16.4 Å². The van der Waals surface area contributed by atoms with E-state index in [1.54, 1.807) is 11.3 Å². The van der Waals surface area contributed by atoms with Crippen molar-refractivity contribution >= 4 is 11.3 Å². The van der Waals surface area contributed by atoms with E-state index in [1.807, 2.05) is 12.4 Å². The maximum absolute atomic E-state index is 9.51. The number of aliphatic hydroxyl groups is 1. The SMILES string of the molecule is OC1CCC(Cc2nc(-c3cc[nH]c3)cs2)CC1. The monoisotopic (exact) mass is 262 g/mol. The fraction of sp³-hybridized carbons (Fsp3) is 0.500. The van der Waals surface area contributed by atoms with Crippen LogP contribution >= 0.6 is 11.3 Å². The van der Waals surface area contributed by atoms with Crippen LogP contribution in [0.1, 0.15) is 30.7 Å². The molecular weight excluding hydrogens is 244 g/mol. The van der Waals surface area contributed by atoms with E-state index >= 15 is 0 Å². The predicted molar refractivity (Wildman–Crippen MR) is 73.6 cm³/mol. The summed E-state index contributed by atoms with van der Waals surface area (Å²) in [6, 6.07) is 2.05. The zero-order valence-corrected chi connectivity index (χ0v) is 11.1. The average Bonchev–Trinajstić information content (AvgIpc) is 3.02. The molecule has 1 aliphatic carbocycles. The molecule has 0 aromatic carbocycles. The van der Waals surface area contributed by atoms with Gasteiger partial charge in [-0.15, -0.1) is 11.3 Å². The van der Waals surface area contributed by atoms with Crippen molar-refractivity contribution in [1.82, 2.24) is 9.97 Å². The van der Waals surface area contributed by atoms with Gasteiger partial charge in [0.25, 0.3) is 0 Å². The Morgan fingerprint density at radius 1 is 1.33 bits per heavy atom. The molecule has 1 fully saturated rings. The Hall–Kier alpha value is -1.13. The summed E-state index contributed by atoms with van der Waals surface area (Å²) in [4.78, 5) is 7.76. The lowest BCUT2D eigenvalue weighted by molar-refractivity contribution is 0.108. The van der Waals surface area contributed by atoms with Crippen molar-refractivity contribution in [1.29, 1.82) is 0 Å². The molecule has 3 nitrogen and oxygen atoms in total. The van der Waals surface area contributed by atoms with Gasteiger partial charge < -0.3 is 10.1 Å². The molecular formula is C14H18N2OS. The minimum absolute atomic E-state index is 0.0621. The zero-order valence-electron chi connectivity index (χ0n) is 10.3. The van der Waals surface area contributed by atoms with Crippen molar-refractivity contribution in [2.24, 2.45) is 5.92 Å². The first kappa shape index (κ1) is 11.9. The highest BCUT2D eigenvalue weighted by atomic mass is 32.1. The standard InChI is InChI=1S/C14H18N2OS/c17-12-3-1-10(2-4-12)7-14-16-13(9-18-14)11-5-6-15-8-11/h5-6,8-10,12,15,17H,1-4,7H2. The van der Waals surface area contributed by atoms with Gasteiger partial charge in [0.05, 0.1) is 16.8 Å². The normalized spacial score (nSPS) is 24.3. The van der Waals surface area contributed by atoms with E-state index in [0.717, 1.165) is 43.4 Å². The molecule has 96 valence electrons. The van der Waals surface area contributed by atoms with E-state index in [4.69, 9.17) is 4.98 Å². The zero-order chi connectivity index (χ0) is 12.4. The van der Waals surface area contributed by atoms with E-state index in [9.17, 15) is 5.11 Å². The fourth-order valence-corrected chi connectivity index (χ4v) is 3.54. The lowest BCUT2D eigenvalue weighted by Gasteiger charge is -2.24. The molecule has 0 amide bonds. The van der Waals surface area contributed by atoms with Crippen LogP contribution in [-0.4, -0.2) is 21.2 Å². The molecule has 2 heterocycles. The summed E-state index contributed by atoms with van der Waals surface area (Å²) >= 11 is 1.75. The van der Waals surface area contributed by atoms with E-state index in [0.29, 0.717) is 5.92 Å². The highest BCUT2D eigenvalue weighted by Crippen LogP contribution is 2.29. The Labute approximate surface area is 111 Å². The number of hydrogen-bond acceptors (Lipinski definition) is 3. The summed E-state index contributed by atoms with van der Waals surface area (Å²) in [5, 5.41) is 12.9. The summed E-state index contributed by atoms with van der Waals surface area (Å²) in [5.41, 5.74) is 2.24. The first-order valence-corrected chi connectivity index (χ1v) is 7.45. The Bertz CT molecular complexity index is 484. The lowest BCUT2D eigenvalue weighted by atomic mass is 9.85. The third-order valence-corrected chi connectivity index (χ3v) is 4.60. The number of aromatic amines is 1. The third-order valence-electron chi connectivity index (χ3n) is 3.73. The number of aromatic nitrogens is 2. The second kappa shape index (κ2) is 5.24. The average molecular weight is 262 g/mol. The van der Waals surface area contributed by atoms with Gasteiger partial charge in [0.15, 0.2) is 0 Å². The van der Waals surface area contributed by atoms with Crippen LogP contribution in [0.3, 0.4) is 0 Å². The van der Waals surface area contributed by atoms with Crippen molar-refractivity contribution in [3.05, 3.63) is 28.8 Å². The van der Waals surface area contributed by atoms with Crippen molar-refractivity contribution in [2.75, 3.05) is 0 Å². The number of nitrogens with one attached hydrogen (secondary N) is 1. The molecule has 18 heavy (non-hydrogen) atoms. The molecule has 0 aliphatic heterocycles. The molecule has 4 heteroatoms. The fourth-order valence-electron chi connectivity index (χ4n) is 2.62.